The number of hydrogen-bond acceptors (Lipinski definition) is 3. The molecule has 0 bridgehead atoms. The zero-order chi connectivity index (χ0) is 16.4. The van der Waals surface area contributed by atoms with Crippen molar-refractivity contribution in [3.05, 3.63) is 56.4 Å². The molecule has 1 aromatic heterocycles. The minimum atomic E-state index is -0.927. The fourth-order valence-corrected chi connectivity index (χ4v) is 3.82. The third kappa shape index (κ3) is 3.34. The fourth-order valence-electron chi connectivity index (χ4n) is 3.31. The molecule has 2 aromatic rings. The number of benzene rings is 1. The quantitative estimate of drug-likeness (QED) is 0.725. The predicted octanol–water partition coefficient (Wildman–Crippen LogP) is 4.22. The van der Waals surface area contributed by atoms with Crippen LogP contribution in [0.15, 0.2) is 30.6 Å². The summed E-state index contributed by atoms with van der Waals surface area (Å²) in [6.45, 7) is 2.93. The van der Waals surface area contributed by atoms with E-state index in [2.05, 4.69) is 51.9 Å². The minimum absolute atomic E-state index is 0.273. The van der Waals surface area contributed by atoms with Crippen LogP contribution in [0.4, 0.5) is 5.69 Å². The highest BCUT2D eigenvalue weighted by molar-refractivity contribution is 14.1. The number of halogens is 1. The molecule has 1 heterocycles. The Morgan fingerprint density at radius 1 is 1.43 bits per heavy atom. The number of fused-ring (bicyclic) bond motifs is 1. The van der Waals surface area contributed by atoms with Crippen molar-refractivity contribution in [2.45, 2.75) is 32.1 Å². The van der Waals surface area contributed by atoms with Crippen molar-refractivity contribution in [3.8, 4) is 0 Å². The summed E-state index contributed by atoms with van der Waals surface area (Å²) >= 11 is 2.39. The zero-order valence-corrected chi connectivity index (χ0v) is 15.1. The van der Waals surface area contributed by atoms with Gasteiger partial charge in [-0.25, -0.2) is 4.79 Å². The average Bonchev–Trinajstić information content (AvgIpc) is 2.56. The number of anilines is 1. The van der Waals surface area contributed by atoms with Gasteiger partial charge in [-0.2, -0.15) is 0 Å². The minimum Gasteiger partial charge on any atom is -0.478 e. The van der Waals surface area contributed by atoms with Crippen LogP contribution in [0.3, 0.4) is 0 Å². The van der Waals surface area contributed by atoms with Gasteiger partial charge in [0.1, 0.15) is 0 Å². The molecule has 0 radical (unpaired) electrons. The molecule has 5 heteroatoms. The molecular formula is C18H19IN2O2. The van der Waals surface area contributed by atoms with Crippen molar-refractivity contribution in [2.75, 3.05) is 11.9 Å². The number of carbonyl (C=O) groups is 1. The summed E-state index contributed by atoms with van der Waals surface area (Å²) in [6.07, 6.45) is 6.55. The summed E-state index contributed by atoms with van der Waals surface area (Å²) in [5.74, 6) is -0.513. The number of aromatic carboxylic acids is 1. The van der Waals surface area contributed by atoms with Crippen molar-refractivity contribution >= 4 is 34.2 Å². The highest BCUT2D eigenvalue weighted by Gasteiger charge is 2.22. The van der Waals surface area contributed by atoms with Crippen LogP contribution in [0.5, 0.6) is 0 Å². The lowest BCUT2D eigenvalue weighted by Gasteiger charge is -2.28. The summed E-state index contributed by atoms with van der Waals surface area (Å²) in [4.78, 5) is 15.3. The molecule has 1 aromatic carbocycles. The molecule has 1 aliphatic rings. The van der Waals surface area contributed by atoms with E-state index in [1.165, 1.54) is 38.9 Å². The van der Waals surface area contributed by atoms with Crippen LogP contribution in [0.1, 0.15) is 45.8 Å². The fraction of sp³-hybridized carbons (Fsp3) is 0.333. The van der Waals surface area contributed by atoms with Gasteiger partial charge in [0, 0.05) is 22.2 Å². The number of rotatable bonds is 4. The zero-order valence-electron chi connectivity index (χ0n) is 13.0. The molecular weight excluding hydrogens is 403 g/mol. The SMILES string of the molecule is Cc1c(I)ccc2c1CCCC2CNc1cnccc1C(=O)O. The number of hydrogen-bond donors (Lipinski definition) is 2. The number of nitrogens with zero attached hydrogens (tertiary/aromatic N) is 1. The van der Waals surface area contributed by atoms with Gasteiger partial charge in [0.2, 0.25) is 0 Å². The Labute approximate surface area is 149 Å². The van der Waals surface area contributed by atoms with Crippen molar-refractivity contribution in [2.24, 2.45) is 0 Å². The molecule has 2 N–H and O–H groups in total. The molecule has 0 aliphatic heterocycles. The number of nitrogens with one attached hydrogen (secondary N) is 1. The largest absolute Gasteiger partial charge is 0.478 e. The Hall–Kier alpha value is -1.63. The van der Waals surface area contributed by atoms with E-state index < -0.39 is 5.97 Å². The molecule has 1 unspecified atom stereocenters. The first-order chi connectivity index (χ1) is 11.1. The summed E-state index contributed by atoms with van der Waals surface area (Å²) in [7, 11) is 0. The summed E-state index contributed by atoms with van der Waals surface area (Å²) in [5, 5.41) is 12.6. The second kappa shape index (κ2) is 6.86. The molecule has 0 amide bonds. The average molecular weight is 422 g/mol. The monoisotopic (exact) mass is 422 g/mol. The van der Waals surface area contributed by atoms with Gasteiger partial charge in [-0.15, -0.1) is 0 Å². The normalized spacial score (nSPS) is 16.7. The maximum atomic E-state index is 11.3. The van der Waals surface area contributed by atoms with Gasteiger partial charge >= 0.3 is 5.97 Å². The molecule has 4 nitrogen and oxygen atoms in total. The number of aromatic nitrogens is 1. The highest BCUT2D eigenvalue weighted by atomic mass is 127. The Morgan fingerprint density at radius 2 is 2.26 bits per heavy atom. The van der Waals surface area contributed by atoms with E-state index >= 15 is 0 Å². The van der Waals surface area contributed by atoms with Gasteiger partial charge in [-0.05, 0) is 77.6 Å². The number of carboxylic acids is 1. The molecule has 0 fully saturated rings. The van der Waals surface area contributed by atoms with E-state index in [0.29, 0.717) is 11.6 Å². The Bertz CT molecular complexity index is 746. The van der Waals surface area contributed by atoms with Crippen LogP contribution in [-0.2, 0) is 6.42 Å². The second-order valence-corrected chi connectivity index (χ2v) is 7.10. The standard InChI is InChI=1S/C18H19IN2O2/c1-11-13-4-2-3-12(14(13)5-6-16(11)19)9-21-17-10-20-8-7-15(17)18(22)23/h5-8,10,12,21H,2-4,9H2,1H3,(H,22,23). The van der Waals surface area contributed by atoms with Crippen LogP contribution in [0, 0.1) is 10.5 Å². The topological polar surface area (TPSA) is 62.2 Å². The molecule has 0 saturated heterocycles. The van der Waals surface area contributed by atoms with Gasteiger partial charge < -0.3 is 10.4 Å². The Morgan fingerprint density at radius 3 is 3.04 bits per heavy atom. The van der Waals surface area contributed by atoms with E-state index in [4.69, 9.17) is 0 Å². The third-order valence-electron chi connectivity index (χ3n) is 4.58. The van der Waals surface area contributed by atoms with Crippen molar-refractivity contribution < 1.29 is 9.90 Å². The van der Waals surface area contributed by atoms with Gasteiger partial charge in [0.25, 0.3) is 0 Å². The first-order valence-corrected chi connectivity index (χ1v) is 8.85. The molecule has 1 aliphatic carbocycles. The lowest BCUT2D eigenvalue weighted by molar-refractivity contribution is 0.0698. The Balaban J connectivity index is 1.81. The summed E-state index contributed by atoms with van der Waals surface area (Å²) < 4.78 is 1.32. The maximum Gasteiger partial charge on any atom is 0.337 e. The highest BCUT2D eigenvalue weighted by Crippen LogP contribution is 2.35. The molecule has 0 saturated carbocycles. The first-order valence-electron chi connectivity index (χ1n) is 7.77. The van der Waals surface area contributed by atoms with E-state index in [1.54, 1.807) is 6.20 Å². The number of pyridine rings is 1. The van der Waals surface area contributed by atoms with Crippen LogP contribution < -0.4 is 5.32 Å². The van der Waals surface area contributed by atoms with Crippen LogP contribution in [0.2, 0.25) is 0 Å². The molecule has 120 valence electrons. The van der Waals surface area contributed by atoms with Crippen LogP contribution >= 0.6 is 22.6 Å². The van der Waals surface area contributed by atoms with Gasteiger partial charge in [0.15, 0.2) is 0 Å². The second-order valence-electron chi connectivity index (χ2n) is 5.94. The van der Waals surface area contributed by atoms with E-state index in [0.717, 1.165) is 19.4 Å². The molecule has 0 spiro atoms. The van der Waals surface area contributed by atoms with E-state index in [-0.39, 0.29) is 5.56 Å². The van der Waals surface area contributed by atoms with Crippen LogP contribution in [0.25, 0.3) is 0 Å². The van der Waals surface area contributed by atoms with Crippen molar-refractivity contribution in [1.82, 2.24) is 4.98 Å². The molecule has 23 heavy (non-hydrogen) atoms. The predicted molar refractivity (Wildman–Crippen MR) is 99.3 cm³/mol. The summed E-state index contributed by atoms with van der Waals surface area (Å²) in [6, 6.07) is 5.95. The maximum absolute atomic E-state index is 11.3. The third-order valence-corrected chi connectivity index (χ3v) is 5.75. The summed E-state index contributed by atoms with van der Waals surface area (Å²) in [5.41, 5.74) is 5.13. The van der Waals surface area contributed by atoms with Gasteiger partial charge in [0.05, 0.1) is 17.4 Å². The lowest BCUT2D eigenvalue weighted by Crippen LogP contribution is -2.20. The van der Waals surface area contributed by atoms with Crippen molar-refractivity contribution in [1.29, 1.82) is 0 Å². The van der Waals surface area contributed by atoms with Crippen LogP contribution in [-0.4, -0.2) is 22.6 Å². The molecule has 1 atom stereocenters. The van der Waals surface area contributed by atoms with Gasteiger partial charge in [-0.1, -0.05) is 6.07 Å². The van der Waals surface area contributed by atoms with Gasteiger partial charge in [-0.3, -0.25) is 4.98 Å². The van der Waals surface area contributed by atoms with E-state index in [1.807, 2.05) is 0 Å². The number of carboxylic acid groups (broad SMARTS) is 1. The Kier molecular flexibility index (Phi) is 4.84. The molecule has 3 rings (SSSR count). The van der Waals surface area contributed by atoms with Crippen molar-refractivity contribution in [3.63, 3.8) is 0 Å². The lowest BCUT2D eigenvalue weighted by atomic mass is 9.81. The van der Waals surface area contributed by atoms with E-state index in [9.17, 15) is 9.90 Å². The smallest absolute Gasteiger partial charge is 0.337 e. The first kappa shape index (κ1) is 16.2.